The van der Waals surface area contributed by atoms with Crippen LogP contribution in [0.3, 0.4) is 0 Å². The lowest BCUT2D eigenvalue weighted by molar-refractivity contribution is 0.623. The Bertz CT molecular complexity index is 2370. The minimum Gasteiger partial charge on any atom is -0.455 e. The summed E-state index contributed by atoms with van der Waals surface area (Å²) in [6.07, 6.45) is 0. The van der Waals surface area contributed by atoms with E-state index in [1.807, 2.05) is 12.1 Å². The van der Waals surface area contributed by atoms with Gasteiger partial charge in [-0.1, -0.05) is 121 Å². The van der Waals surface area contributed by atoms with Crippen LogP contribution in [0.25, 0.3) is 87.9 Å². The Hall–Kier alpha value is -5.47. The van der Waals surface area contributed by atoms with E-state index in [9.17, 15) is 0 Å². The summed E-state index contributed by atoms with van der Waals surface area (Å²) < 4.78 is 6.92. The van der Waals surface area contributed by atoms with Crippen molar-refractivity contribution in [2.45, 2.75) is 0 Å². The van der Waals surface area contributed by atoms with Crippen LogP contribution in [0.1, 0.15) is 0 Å². The van der Waals surface area contributed by atoms with Gasteiger partial charge in [0.2, 0.25) is 0 Å². The summed E-state index contributed by atoms with van der Waals surface area (Å²) >= 11 is 0. The molecule has 0 fully saturated rings. The van der Waals surface area contributed by atoms with Gasteiger partial charge in [0.05, 0.1) is 16.8 Å². The Balaban J connectivity index is 1.51. The molecule has 0 saturated heterocycles. The molecule has 0 atom stereocenters. The van der Waals surface area contributed by atoms with Crippen LogP contribution < -0.4 is 0 Å². The maximum absolute atomic E-state index is 6.92. The largest absolute Gasteiger partial charge is 0.455 e. The molecule has 0 N–H and O–H groups in total. The van der Waals surface area contributed by atoms with Gasteiger partial charge >= 0.3 is 0 Å². The molecule has 2 heteroatoms. The van der Waals surface area contributed by atoms with Crippen LogP contribution in [0, 0.1) is 0 Å². The SMILES string of the molecule is c1ccc2c(-c3c4ccccc4c(-c4oc5ccccc5c5nc6ccccc6c4-5)c4ccccc34)cccc2c1. The lowest BCUT2D eigenvalue weighted by atomic mass is 9.85. The van der Waals surface area contributed by atoms with Gasteiger partial charge in [-0.25, -0.2) is 4.98 Å². The van der Waals surface area contributed by atoms with E-state index in [-0.39, 0.29) is 0 Å². The van der Waals surface area contributed by atoms with Crippen molar-refractivity contribution in [3.05, 3.63) is 140 Å². The predicted molar refractivity (Wildman–Crippen MR) is 172 cm³/mol. The van der Waals surface area contributed by atoms with Crippen molar-refractivity contribution in [3.63, 3.8) is 0 Å². The highest BCUT2D eigenvalue weighted by Crippen LogP contribution is 2.50. The van der Waals surface area contributed by atoms with Crippen LogP contribution >= 0.6 is 0 Å². The van der Waals surface area contributed by atoms with E-state index in [0.29, 0.717) is 0 Å². The minimum absolute atomic E-state index is 0.837. The number of fused-ring (bicyclic) bond motifs is 8. The Labute approximate surface area is 236 Å². The highest BCUT2D eigenvalue weighted by atomic mass is 16.3. The number of benzene rings is 7. The fraction of sp³-hybridized carbons (Fsp3) is 0. The van der Waals surface area contributed by atoms with E-state index in [1.165, 1.54) is 43.4 Å². The van der Waals surface area contributed by atoms with Crippen molar-refractivity contribution in [2.75, 3.05) is 0 Å². The Morgan fingerprint density at radius 2 is 0.927 bits per heavy atom. The molecule has 2 aliphatic heterocycles. The lowest BCUT2D eigenvalue weighted by Crippen LogP contribution is -1.94. The van der Waals surface area contributed by atoms with E-state index in [1.54, 1.807) is 0 Å². The average Bonchev–Trinajstić information content (AvgIpc) is 3.43. The third-order valence-corrected chi connectivity index (χ3v) is 8.44. The number of nitrogens with zero attached hydrogens (tertiary/aromatic N) is 1. The van der Waals surface area contributed by atoms with Gasteiger partial charge in [-0.2, -0.15) is 0 Å². The van der Waals surface area contributed by atoms with Gasteiger partial charge in [0.25, 0.3) is 0 Å². The van der Waals surface area contributed by atoms with Crippen molar-refractivity contribution in [2.24, 2.45) is 0 Å². The van der Waals surface area contributed by atoms with Gasteiger partial charge in [0.1, 0.15) is 11.3 Å². The Morgan fingerprint density at radius 3 is 1.66 bits per heavy atom. The van der Waals surface area contributed by atoms with E-state index >= 15 is 0 Å². The van der Waals surface area contributed by atoms with Crippen LogP contribution in [-0.4, -0.2) is 4.98 Å². The maximum atomic E-state index is 6.92. The van der Waals surface area contributed by atoms with E-state index in [0.717, 1.165) is 44.5 Å². The van der Waals surface area contributed by atoms with Gasteiger partial charge < -0.3 is 4.42 Å². The first kappa shape index (κ1) is 22.4. The maximum Gasteiger partial charge on any atom is 0.146 e. The van der Waals surface area contributed by atoms with Crippen molar-refractivity contribution in [1.29, 1.82) is 0 Å². The molecule has 0 unspecified atom stereocenters. The second kappa shape index (κ2) is 8.51. The second-order valence-corrected chi connectivity index (χ2v) is 10.6. The monoisotopic (exact) mass is 521 g/mol. The summed E-state index contributed by atoms with van der Waals surface area (Å²) in [5, 5.41) is 9.38. The molecule has 0 spiro atoms. The first-order valence-electron chi connectivity index (χ1n) is 14.0. The summed E-state index contributed by atoms with van der Waals surface area (Å²) in [5.41, 5.74) is 7.46. The molecule has 0 amide bonds. The Kier molecular flexibility index (Phi) is 4.64. The zero-order valence-electron chi connectivity index (χ0n) is 22.1. The number of hydrogen-bond acceptors (Lipinski definition) is 2. The summed E-state index contributed by atoms with van der Waals surface area (Å²) in [6, 6.07) is 49.4. The molecule has 9 rings (SSSR count). The molecular weight excluding hydrogens is 498 g/mol. The van der Waals surface area contributed by atoms with Crippen LogP contribution in [-0.2, 0) is 0 Å². The highest BCUT2D eigenvalue weighted by molar-refractivity contribution is 6.25. The molecular formula is C39H23NO. The number of rotatable bonds is 2. The zero-order chi connectivity index (χ0) is 26.9. The van der Waals surface area contributed by atoms with Gasteiger partial charge in [0, 0.05) is 16.3 Å². The fourth-order valence-electron chi connectivity index (χ4n) is 6.71. The van der Waals surface area contributed by atoms with Gasteiger partial charge in [-0.3, -0.25) is 0 Å². The van der Waals surface area contributed by atoms with Crippen LogP contribution in [0.15, 0.2) is 144 Å². The summed E-state index contributed by atoms with van der Waals surface area (Å²) in [6.45, 7) is 0. The normalized spacial score (nSPS) is 11.9. The van der Waals surface area contributed by atoms with Crippen molar-refractivity contribution >= 4 is 54.2 Å². The Morgan fingerprint density at radius 1 is 0.390 bits per heavy atom. The van der Waals surface area contributed by atoms with Gasteiger partial charge in [-0.05, 0) is 61.6 Å². The number of aromatic nitrogens is 1. The third-order valence-electron chi connectivity index (χ3n) is 8.44. The summed E-state index contributed by atoms with van der Waals surface area (Å²) in [5.74, 6) is 0.865. The third kappa shape index (κ3) is 3.16. The predicted octanol–water partition coefficient (Wildman–Crippen LogP) is 10.9. The summed E-state index contributed by atoms with van der Waals surface area (Å²) in [7, 11) is 0. The van der Waals surface area contributed by atoms with E-state index in [4.69, 9.17) is 9.40 Å². The molecule has 41 heavy (non-hydrogen) atoms. The van der Waals surface area contributed by atoms with Gasteiger partial charge in [-0.15, -0.1) is 0 Å². The van der Waals surface area contributed by atoms with E-state index in [2.05, 4.69) is 127 Å². The molecule has 0 saturated carbocycles. The molecule has 2 heterocycles. The van der Waals surface area contributed by atoms with Gasteiger partial charge in [0.15, 0.2) is 0 Å². The molecule has 7 aromatic rings. The van der Waals surface area contributed by atoms with E-state index < -0.39 is 0 Å². The standard InChI is InChI=1S/C39H23NO/c1-2-14-25-24(12-1)13-11-21-26(25)35-27-15-3-5-17-29(27)36(30-18-6-4-16-28(30)35)39-37-31-19-7-9-22-33(31)40-38(37)32-20-8-10-23-34(32)41-39/h1-23H. The topological polar surface area (TPSA) is 26.0 Å². The second-order valence-electron chi connectivity index (χ2n) is 10.6. The average molecular weight is 522 g/mol. The zero-order valence-corrected chi connectivity index (χ0v) is 22.1. The lowest BCUT2D eigenvalue weighted by Gasteiger charge is -2.20. The molecule has 0 radical (unpaired) electrons. The number of para-hydroxylation sites is 2. The minimum atomic E-state index is 0.837. The number of hydrogen-bond donors (Lipinski definition) is 0. The molecule has 7 aromatic carbocycles. The fourth-order valence-corrected chi connectivity index (χ4v) is 6.71. The van der Waals surface area contributed by atoms with Crippen molar-refractivity contribution in [3.8, 4) is 33.7 Å². The molecule has 0 bridgehead atoms. The van der Waals surface area contributed by atoms with Crippen LogP contribution in [0.5, 0.6) is 0 Å². The molecule has 0 aromatic heterocycles. The van der Waals surface area contributed by atoms with Crippen molar-refractivity contribution in [1.82, 2.24) is 4.98 Å². The quantitative estimate of drug-likeness (QED) is 0.211. The first-order valence-corrected chi connectivity index (χ1v) is 14.0. The molecule has 2 aliphatic rings. The molecule has 190 valence electrons. The van der Waals surface area contributed by atoms with Crippen molar-refractivity contribution < 1.29 is 4.42 Å². The first-order chi connectivity index (χ1) is 20.4. The molecule has 0 aliphatic carbocycles. The molecule has 2 nitrogen and oxygen atoms in total. The smallest absolute Gasteiger partial charge is 0.146 e. The van der Waals surface area contributed by atoms with Crippen LogP contribution in [0.4, 0.5) is 0 Å². The summed E-state index contributed by atoms with van der Waals surface area (Å²) in [4.78, 5) is 5.13. The van der Waals surface area contributed by atoms with Crippen LogP contribution in [0.2, 0.25) is 0 Å². The highest BCUT2D eigenvalue weighted by Gasteiger charge is 2.26.